The molecular weight excluding hydrogens is 407 g/mol. The van der Waals surface area contributed by atoms with Crippen molar-refractivity contribution in [3.05, 3.63) is 66.1 Å². The molecule has 1 aliphatic heterocycles. The Morgan fingerprint density at radius 2 is 1.83 bits per heavy atom. The van der Waals surface area contributed by atoms with Gasteiger partial charge in [0.05, 0.1) is 11.1 Å². The summed E-state index contributed by atoms with van der Waals surface area (Å²) < 4.78 is 25.7. The van der Waals surface area contributed by atoms with Crippen molar-refractivity contribution < 1.29 is 13.4 Å². The van der Waals surface area contributed by atoms with Gasteiger partial charge in [0.2, 0.25) is 5.95 Å². The zero-order chi connectivity index (χ0) is 21.4. The number of likely N-dealkylation sites (N-methyl/N-ethyl adjacent to an activating group) is 2. The number of nitrogens with two attached hydrogens (primary N) is 1. The van der Waals surface area contributed by atoms with Crippen LogP contribution in [0.1, 0.15) is 11.6 Å². The summed E-state index contributed by atoms with van der Waals surface area (Å²) in [6, 6.07) is 12.1. The average Bonchev–Trinajstić information content (AvgIpc) is 2.74. The van der Waals surface area contributed by atoms with E-state index in [2.05, 4.69) is 15.3 Å². The summed E-state index contributed by atoms with van der Waals surface area (Å²) in [6.45, 7) is 0. The minimum atomic E-state index is -1.56. The van der Waals surface area contributed by atoms with Crippen LogP contribution in [-0.4, -0.2) is 34.2 Å². The summed E-state index contributed by atoms with van der Waals surface area (Å²) in [6.07, 6.45) is 1.54. The highest BCUT2D eigenvalue weighted by molar-refractivity contribution is 7.82. The van der Waals surface area contributed by atoms with Gasteiger partial charge in [-0.3, -0.25) is 4.79 Å². The van der Waals surface area contributed by atoms with Crippen LogP contribution in [0.5, 0.6) is 0 Å². The summed E-state index contributed by atoms with van der Waals surface area (Å²) in [7, 11) is 1.76. The van der Waals surface area contributed by atoms with E-state index in [-0.39, 0.29) is 11.5 Å². The van der Waals surface area contributed by atoms with Gasteiger partial charge in [0.15, 0.2) is 5.82 Å². The third kappa shape index (κ3) is 3.51. The van der Waals surface area contributed by atoms with Crippen LogP contribution in [0.2, 0.25) is 0 Å². The lowest BCUT2D eigenvalue weighted by atomic mass is 10.0. The lowest BCUT2D eigenvalue weighted by molar-refractivity contribution is -0.120. The van der Waals surface area contributed by atoms with E-state index in [1.807, 2.05) is 0 Å². The molecule has 1 aliphatic rings. The summed E-state index contributed by atoms with van der Waals surface area (Å²) in [5.74, 6) is 0.0638. The first-order valence-electron chi connectivity index (χ1n) is 9.02. The van der Waals surface area contributed by atoms with Crippen LogP contribution >= 0.6 is 0 Å². The SMILES string of the molecule is CN1C(=O)C(c2ccccc2F)N(C)c2nc(Nc3ccc(S(N)=O)cc3)ncc21. The molecule has 0 spiro atoms. The van der Waals surface area contributed by atoms with Gasteiger partial charge >= 0.3 is 0 Å². The van der Waals surface area contributed by atoms with E-state index in [0.717, 1.165) is 0 Å². The van der Waals surface area contributed by atoms with Gasteiger partial charge in [0.1, 0.15) is 28.5 Å². The lowest BCUT2D eigenvalue weighted by Crippen LogP contribution is -2.45. The second kappa shape index (κ2) is 7.81. The Balaban J connectivity index is 1.68. The van der Waals surface area contributed by atoms with E-state index in [1.165, 1.54) is 11.0 Å². The van der Waals surface area contributed by atoms with Gasteiger partial charge < -0.3 is 15.1 Å². The van der Waals surface area contributed by atoms with Crippen molar-refractivity contribution in [2.45, 2.75) is 10.9 Å². The molecule has 2 atom stereocenters. The first-order valence-corrected chi connectivity index (χ1v) is 10.2. The molecule has 0 aliphatic carbocycles. The van der Waals surface area contributed by atoms with Crippen molar-refractivity contribution in [3.63, 3.8) is 0 Å². The topological polar surface area (TPSA) is 104 Å². The Bertz CT molecular complexity index is 1140. The van der Waals surface area contributed by atoms with E-state index in [9.17, 15) is 13.4 Å². The molecule has 0 fully saturated rings. The molecule has 1 amide bonds. The van der Waals surface area contributed by atoms with Crippen LogP contribution in [0.15, 0.2) is 59.6 Å². The monoisotopic (exact) mass is 426 g/mol. The fraction of sp³-hybridized carbons (Fsp3) is 0.150. The molecule has 3 N–H and O–H groups in total. The maximum atomic E-state index is 14.4. The minimum Gasteiger partial charge on any atom is -0.342 e. The highest BCUT2D eigenvalue weighted by atomic mass is 32.2. The highest BCUT2D eigenvalue weighted by Gasteiger charge is 2.38. The number of anilines is 4. The van der Waals surface area contributed by atoms with E-state index >= 15 is 0 Å². The van der Waals surface area contributed by atoms with Gasteiger partial charge in [-0.05, 0) is 30.3 Å². The molecule has 10 heteroatoms. The minimum absolute atomic E-state index is 0.273. The van der Waals surface area contributed by atoms with E-state index < -0.39 is 22.8 Å². The van der Waals surface area contributed by atoms with E-state index in [0.29, 0.717) is 28.0 Å². The summed E-state index contributed by atoms with van der Waals surface area (Å²) in [5.41, 5.74) is 1.48. The van der Waals surface area contributed by atoms with E-state index in [1.54, 1.807) is 67.7 Å². The van der Waals surface area contributed by atoms with Crippen LogP contribution in [0.25, 0.3) is 0 Å². The molecule has 3 aromatic rings. The van der Waals surface area contributed by atoms with Crippen molar-refractivity contribution in [2.75, 3.05) is 29.2 Å². The number of carbonyl (C=O) groups excluding carboxylic acids is 1. The highest BCUT2D eigenvalue weighted by Crippen LogP contribution is 2.39. The normalized spacial score (nSPS) is 16.9. The Labute approximate surface area is 175 Å². The second-order valence-corrected chi connectivity index (χ2v) is 7.85. The largest absolute Gasteiger partial charge is 0.342 e. The summed E-state index contributed by atoms with van der Waals surface area (Å²) >= 11 is 0. The Hall–Kier alpha value is -3.37. The lowest BCUT2D eigenvalue weighted by Gasteiger charge is -2.38. The van der Waals surface area contributed by atoms with Crippen molar-refractivity contribution in [1.82, 2.24) is 9.97 Å². The molecule has 8 nitrogen and oxygen atoms in total. The fourth-order valence-electron chi connectivity index (χ4n) is 3.35. The number of nitrogens with zero attached hydrogens (tertiary/aromatic N) is 4. The number of rotatable bonds is 4. The molecular formula is C20H19FN6O2S. The number of carbonyl (C=O) groups is 1. The molecule has 30 heavy (non-hydrogen) atoms. The zero-order valence-electron chi connectivity index (χ0n) is 16.2. The number of hydrogen-bond acceptors (Lipinski definition) is 6. The number of halogens is 1. The summed E-state index contributed by atoms with van der Waals surface area (Å²) in [4.78, 5) is 25.3. The number of hydrogen-bond donors (Lipinski definition) is 2. The number of nitrogens with one attached hydrogen (secondary N) is 1. The van der Waals surface area contributed by atoms with Gasteiger partial charge in [-0.25, -0.2) is 18.7 Å². The molecule has 2 unspecified atom stereocenters. The summed E-state index contributed by atoms with van der Waals surface area (Å²) in [5, 5.41) is 8.43. The van der Waals surface area contributed by atoms with Crippen LogP contribution in [0.4, 0.5) is 27.5 Å². The molecule has 0 saturated heterocycles. The second-order valence-electron chi connectivity index (χ2n) is 6.78. The van der Waals surface area contributed by atoms with Crippen LogP contribution < -0.4 is 20.3 Å². The van der Waals surface area contributed by atoms with Crippen LogP contribution in [0, 0.1) is 5.82 Å². The van der Waals surface area contributed by atoms with Crippen molar-refractivity contribution in [3.8, 4) is 0 Å². The Kier molecular flexibility index (Phi) is 5.18. The van der Waals surface area contributed by atoms with Crippen molar-refractivity contribution >= 4 is 40.0 Å². The predicted molar refractivity (Wildman–Crippen MR) is 113 cm³/mol. The van der Waals surface area contributed by atoms with Gasteiger partial charge in [0, 0.05) is 25.3 Å². The first kappa shape index (κ1) is 19.9. The predicted octanol–water partition coefficient (Wildman–Crippen LogP) is 2.49. The number of aromatic nitrogens is 2. The first-order chi connectivity index (χ1) is 14.4. The van der Waals surface area contributed by atoms with Crippen molar-refractivity contribution in [2.24, 2.45) is 5.14 Å². The maximum absolute atomic E-state index is 14.4. The third-order valence-corrected chi connectivity index (χ3v) is 5.68. The molecule has 0 radical (unpaired) electrons. The smallest absolute Gasteiger partial charge is 0.254 e. The molecule has 0 bridgehead atoms. The molecule has 1 aromatic heterocycles. The Morgan fingerprint density at radius 3 is 2.50 bits per heavy atom. The van der Waals surface area contributed by atoms with E-state index in [4.69, 9.17) is 5.14 Å². The quantitative estimate of drug-likeness (QED) is 0.664. The van der Waals surface area contributed by atoms with Gasteiger partial charge in [0.25, 0.3) is 5.91 Å². The zero-order valence-corrected chi connectivity index (χ0v) is 17.1. The maximum Gasteiger partial charge on any atom is 0.254 e. The number of fused-ring (bicyclic) bond motifs is 1. The van der Waals surface area contributed by atoms with Gasteiger partial charge in [-0.15, -0.1) is 0 Å². The van der Waals surface area contributed by atoms with Crippen LogP contribution in [-0.2, 0) is 15.8 Å². The molecule has 0 saturated carbocycles. The van der Waals surface area contributed by atoms with Crippen LogP contribution in [0.3, 0.4) is 0 Å². The molecule has 2 heterocycles. The standard InChI is InChI=1S/C20H19FN6O2S/c1-26-16-11-23-20(24-12-7-9-13(10-8-12)30(22)29)25-18(16)27(2)17(19(26)28)14-5-3-4-6-15(14)21/h3-11,17H,22H2,1-2H3,(H,23,24,25). The number of amides is 1. The molecule has 4 rings (SSSR count). The molecule has 154 valence electrons. The Morgan fingerprint density at radius 1 is 1.13 bits per heavy atom. The molecule has 2 aromatic carbocycles. The van der Waals surface area contributed by atoms with Crippen molar-refractivity contribution in [1.29, 1.82) is 0 Å². The number of benzene rings is 2. The average molecular weight is 426 g/mol. The fourth-order valence-corrected chi connectivity index (χ4v) is 3.76. The third-order valence-electron chi connectivity index (χ3n) is 4.94. The van der Waals surface area contributed by atoms with Gasteiger partial charge in [-0.2, -0.15) is 4.98 Å². The van der Waals surface area contributed by atoms with Gasteiger partial charge in [-0.1, -0.05) is 18.2 Å².